The molecule has 2 heterocycles. The van der Waals surface area contributed by atoms with Crippen molar-refractivity contribution in [2.24, 2.45) is 0 Å². The number of nitrogens with one attached hydrogen (secondary N) is 2. The summed E-state index contributed by atoms with van der Waals surface area (Å²) >= 11 is 0. The van der Waals surface area contributed by atoms with Gasteiger partial charge in [-0.25, -0.2) is 0 Å². The number of likely N-dealkylation sites (tertiary alicyclic amines) is 1. The molecule has 176 valence electrons. The summed E-state index contributed by atoms with van der Waals surface area (Å²) in [6.07, 6.45) is 2.09. The molecule has 0 bridgehead atoms. The van der Waals surface area contributed by atoms with E-state index in [1.165, 1.54) is 0 Å². The Kier molecular flexibility index (Phi) is 7.80. The molecule has 2 N–H and O–H groups in total. The summed E-state index contributed by atoms with van der Waals surface area (Å²) in [5, 5.41) is 5.95. The maximum absolute atomic E-state index is 12.8. The minimum Gasteiger partial charge on any atom is -0.497 e. The lowest BCUT2D eigenvalue weighted by Gasteiger charge is -2.28. The van der Waals surface area contributed by atoms with Gasteiger partial charge in [-0.15, -0.1) is 0 Å². The number of hydrogen-bond donors (Lipinski definition) is 2. The van der Waals surface area contributed by atoms with Crippen LogP contribution in [0.3, 0.4) is 0 Å². The Labute approximate surface area is 194 Å². The molecular formula is C25H32N4O4. The molecule has 0 aromatic heterocycles. The number of rotatable bonds is 8. The third-order valence-corrected chi connectivity index (χ3v) is 6.18. The SMILES string of the molecule is COc1ccc(NC(=O)C2CCCN2CCC(=O)Nc2ccc(N3CCOCC3)cc2)cc1. The first-order valence-corrected chi connectivity index (χ1v) is 11.5. The number of nitrogens with zero attached hydrogens (tertiary/aromatic N) is 2. The van der Waals surface area contributed by atoms with E-state index in [0.29, 0.717) is 13.0 Å². The van der Waals surface area contributed by atoms with Gasteiger partial charge in [-0.05, 0) is 67.9 Å². The Morgan fingerprint density at radius 1 is 0.970 bits per heavy atom. The topological polar surface area (TPSA) is 83.1 Å². The van der Waals surface area contributed by atoms with E-state index in [9.17, 15) is 9.59 Å². The lowest BCUT2D eigenvalue weighted by atomic mass is 10.2. The fraction of sp³-hybridized carbons (Fsp3) is 0.440. The standard InChI is InChI=1S/C25H32N4O4/c1-32-22-10-6-20(7-11-22)27-25(31)23-3-2-13-29(23)14-12-24(30)26-19-4-8-21(9-5-19)28-15-17-33-18-16-28/h4-11,23H,2-3,12-18H2,1H3,(H,26,30)(H,27,31). The second-order valence-corrected chi connectivity index (χ2v) is 8.36. The number of anilines is 3. The van der Waals surface area contributed by atoms with E-state index in [-0.39, 0.29) is 17.9 Å². The van der Waals surface area contributed by atoms with Gasteiger partial charge in [-0.3, -0.25) is 14.5 Å². The van der Waals surface area contributed by atoms with Crippen LogP contribution in [0.25, 0.3) is 0 Å². The van der Waals surface area contributed by atoms with Gasteiger partial charge >= 0.3 is 0 Å². The van der Waals surface area contributed by atoms with Gasteiger partial charge in [0.25, 0.3) is 0 Å². The summed E-state index contributed by atoms with van der Waals surface area (Å²) in [6, 6.07) is 15.0. The Morgan fingerprint density at radius 3 is 2.33 bits per heavy atom. The molecule has 2 aliphatic rings. The monoisotopic (exact) mass is 452 g/mol. The Balaban J connectivity index is 1.24. The van der Waals surface area contributed by atoms with Crippen molar-refractivity contribution < 1.29 is 19.1 Å². The van der Waals surface area contributed by atoms with Crippen LogP contribution in [0.4, 0.5) is 17.1 Å². The van der Waals surface area contributed by atoms with E-state index in [1.807, 2.05) is 48.5 Å². The van der Waals surface area contributed by atoms with Crippen LogP contribution in [-0.4, -0.2) is 69.3 Å². The van der Waals surface area contributed by atoms with Crippen molar-refractivity contribution in [3.8, 4) is 5.75 Å². The van der Waals surface area contributed by atoms with Crippen LogP contribution in [0, 0.1) is 0 Å². The van der Waals surface area contributed by atoms with Crippen molar-refractivity contribution in [3.63, 3.8) is 0 Å². The van der Waals surface area contributed by atoms with Crippen molar-refractivity contribution in [1.29, 1.82) is 0 Å². The van der Waals surface area contributed by atoms with E-state index in [0.717, 1.165) is 68.5 Å². The smallest absolute Gasteiger partial charge is 0.241 e. The average molecular weight is 453 g/mol. The lowest BCUT2D eigenvalue weighted by molar-refractivity contribution is -0.121. The zero-order valence-corrected chi connectivity index (χ0v) is 19.1. The first-order valence-electron chi connectivity index (χ1n) is 11.5. The van der Waals surface area contributed by atoms with Crippen LogP contribution in [0.2, 0.25) is 0 Å². The number of benzene rings is 2. The van der Waals surface area contributed by atoms with Crippen molar-refractivity contribution >= 4 is 28.9 Å². The third-order valence-electron chi connectivity index (χ3n) is 6.18. The van der Waals surface area contributed by atoms with Gasteiger partial charge in [0.1, 0.15) is 5.75 Å². The maximum atomic E-state index is 12.8. The fourth-order valence-electron chi connectivity index (χ4n) is 4.34. The second-order valence-electron chi connectivity index (χ2n) is 8.36. The molecule has 4 rings (SSSR count). The van der Waals surface area contributed by atoms with Gasteiger partial charge in [0.05, 0.1) is 26.4 Å². The molecule has 1 unspecified atom stereocenters. The molecule has 0 radical (unpaired) electrons. The van der Waals surface area contributed by atoms with Crippen molar-refractivity contribution in [1.82, 2.24) is 4.90 Å². The molecule has 2 aliphatic heterocycles. The number of carbonyl (C=O) groups excluding carboxylic acids is 2. The van der Waals surface area contributed by atoms with Crippen LogP contribution in [0.5, 0.6) is 5.75 Å². The number of carbonyl (C=O) groups is 2. The van der Waals surface area contributed by atoms with Crippen LogP contribution >= 0.6 is 0 Å². The summed E-state index contributed by atoms with van der Waals surface area (Å²) in [5.41, 5.74) is 2.66. The second kappa shape index (κ2) is 11.2. The molecule has 0 aliphatic carbocycles. The van der Waals surface area contributed by atoms with Gasteiger partial charge in [0.15, 0.2) is 0 Å². The van der Waals surface area contributed by atoms with Crippen LogP contribution in [-0.2, 0) is 14.3 Å². The van der Waals surface area contributed by atoms with E-state index < -0.39 is 0 Å². The largest absolute Gasteiger partial charge is 0.497 e. The quantitative estimate of drug-likeness (QED) is 0.641. The Hall–Kier alpha value is -3.10. The first-order chi connectivity index (χ1) is 16.1. The molecule has 2 amide bonds. The normalized spacial score (nSPS) is 18.7. The number of amides is 2. The molecule has 2 aromatic rings. The minimum atomic E-state index is -0.215. The Bertz CT molecular complexity index is 926. The molecule has 2 fully saturated rings. The molecule has 8 nitrogen and oxygen atoms in total. The summed E-state index contributed by atoms with van der Waals surface area (Å²) < 4.78 is 10.6. The van der Waals surface area contributed by atoms with Gasteiger partial charge in [-0.1, -0.05) is 0 Å². The molecule has 1 atom stereocenters. The number of morpholine rings is 1. The third kappa shape index (κ3) is 6.24. The van der Waals surface area contributed by atoms with E-state index in [4.69, 9.17) is 9.47 Å². The van der Waals surface area contributed by atoms with Crippen molar-refractivity contribution in [2.75, 3.05) is 62.0 Å². The van der Waals surface area contributed by atoms with Crippen LogP contribution < -0.4 is 20.3 Å². The molecule has 0 saturated carbocycles. The average Bonchev–Trinajstić information content (AvgIpc) is 3.33. The number of methoxy groups -OCH3 is 1. The molecule has 2 saturated heterocycles. The summed E-state index contributed by atoms with van der Waals surface area (Å²) in [4.78, 5) is 29.7. The predicted molar refractivity (Wildman–Crippen MR) is 129 cm³/mol. The first kappa shape index (κ1) is 23.1. The van der Waals surface area contributed by atoms with Gasteiger partial charge in [-0.2, -0.15) is 0 Å². The highest BCUT2D eigenvalue weighted by molar-refractivity contribution is 5.95. The highest BCUT2D eigenvalue weighted by Crippen LogP contribution is 2.22. The summed E-state index contributed by atoms with van der Waals surface area (Å²) in [5.74, 6) is 0.671. The van der Waals surface area contributed by atoms with Gasteiger partial charge in [0, 0.05) is 43.1 Å². The zero-order chi connectivity index (χ0) is 23.0. The lowest BCUT2D eigenvalue weighted by Crippen LogP contribution is -2.40. The summed E-state index contributed by atoms with van der Waals surface area (Å²) in [7, 11) is 1.61. The number of ether oxygens (including phenoxy) is 2. The minimum absolute atomic E-state index is 0.0308. The fourth-order valence-corrected chi connectivity index (χ4v) is 4.34. The van der Waals surface area contributed by atoms with Gasteiger partial charge in [0.2, 0.25) is 11.8 Å². The molecule has 2 aromatic carbocycles. The van der Waals surface area contributed by atoms with Crippen molar-refractivity contribution in [3.05, 3.63) is 48.5 Å². The molecule has 0 spiro atoms. The highest BCUT2D eigenvalue weighted by Gasteiger charge is 2.30. The predicted octanol–water partition coefficient (Wildman–Crippen LogP) is 2.96. The van der Waals surface area contributed by atoms with Crippen LogP contribution in [0.15, 0.2) is 48.5 Å². The molecule has 33 heavy (non-hydrogen) atoms. The molecular weight excluding hydrogens is 420 g/mol. The van der Waals surface area contributed by atoms with E-state index in [1.54, 1.807) is 7.11 Å². The number of hydrogen-bond acceptors (Lipinski definition) is 6. The maximum Gasteiger partial charge on any atom is 0.241 e. The molecule has 8 heteroatoms. The van der Waals surface area contributed by atoms with E-state index in [2.05, 4.69) is 20.4 Å². The van der Waals surface area contributed by atoms with Gasteiger partial charge < -0.3 is 25.0 Å². The highest BCUT2D eigenvalue weighted by atomic mass is 16.5. The Morgan fingerprint density at radius 2 is 1.64 bits per heavy atom. The van der Waals surface area contributed by atoms with Crippen molar-refractivity contribution in [2.45, 2.75) is 25.3 Å². The van der Waals surface area contributed by atoms with Crippen LogP contribution in [0.1, 0.15) is 19.3 Å². The zero-order valence-electron chi connectivity index (χ0n) is 19.1. The summed E-state index contributed by atoms with van der Waals surface area (Å²) in [6.45, 7) is 4.63. The van der Waals surface area contributed by atoms with E-state index >= 15 is 0 Å².